The number of hydrogen-bond donors (Lipinski definition) is 0. The number of ether oxygens (including phenoxy) is 4. The van der Waals surface area contributed by atoms with Crippen LogP contribution in [0, 0.1) is 12.3 Å². The van der Waals surface area contributed by atoms with Gasteiger partial charge in [-0.3, -0.25) is 0 Å². The van der Waals surface area contributed by atoms with E-state index in [2.05, 4.69) is 26.0 Å². The van der Waals surface area contributed by atoms with E-state index in [0.717, 1.165) is 59.8 Å². The second-order valence-corrected chi connectivity index (χ2v) is 10.2. The van der Waals surface area contributed by atoms with Crippen LogP contribution in [0.1, 0.15) is 57.6 Å². The first-order valence-corrected chi connectivity index (χ1v) is 13.1. The van der Waals surface area contributed by atoms with Gasteiger partial charge in [0.25, 0.3) is 0 Å². The predicted octanol–water partition coefficient (Wildman–Crippen LogP) is 7.87. The van der Waals surface area contributed by atoms with E-state index < -0.39 is 11.7 Å². The fourth-order valence-electron chi connectivity index (χ4n) is 4.28. The van der Waals surface area contributed by atoms with E-state index in [9.17, 15) is 13.2 Å². The van der Waals surface area contributed by atoms with Gasteiger partial charge in [0.05, 0.1) is 12.2 Å². The Kier molecular flexibility index (Phi) is 9.78. The molecule has 0 aromatic heterocycles. The first kappa shape index (κ1) is 27.7. The Morgan fingerprint density at radius 2 is 1.60 bits per heavy atom. The van der Waals surface area contributed by atoms with Crippen molar-refractivity contribution in [1.29, 1.82) is 0 Å². The summed E-state index contributed by atoms with van der Waals surface area (Å²) in [6, 6.07) is 11.1. The average molecular weight is 513 g/mol. The van der Waals surface area contributed by atoms with Crippen LogP contribution < -0.4 is 9.47 Å². The maximum atomic E-state index is 12.9. The van der Waals surface area contributed by atoms with Crippen LogP contribution in [0.15, 0.2) is 47.4 Å². The van der Waals surface area contributed by atoms with E-state index in [1.807, 2.05) is 19.9 Å². The van der Waals surface area contributed by atoms with Crippen molar-refractivity contribution in [2.24, 2.45) is 5.41 Å². The summed E-state index contributed by atoms with van der Waals surface area (Å²) in [5, 5.41) is 0. The van der Waals surface area contributed by atoms with Gasteiger partial charge in [0, 0.05) is 16.1 Å². The van der Waals surface area contributed by atoms with E-state index >= 15 is 0 Å². The molecule has 8 heteroatoms. The highest BCUT2D eigenvalue weighted by molar-refractivity contribution is 7.99. The molecule has 1 fully saturated rings. The molecule has 1 heterocycles. The van der Waals surface area contributed by atoms with Crippen LogP contribution >= 0.6 is 11.8 Å². The van der Waals surface area contributed by atoms with Gasteiger partial charge in [-0.2, -0.15) is 13.2 Å². The van der Waals surface area contributed by atoms with Crippen LogP contribution in [0.2, 0.25) is 0 Å². The van der Waals surface area contributed by atoms with Gasteiger partial charge < -0.3 is 18.9 Å². The Balaban J connectivity index is 1.61. The summed E-state index contributed by atoms with van der Waals surface area (Å²) in [7, 11) is 0. The molecule has 0 amide bonds. The Bertz CT molecular complexity index is 921. The lowest BCUT2D eigenvalue weighted by molar-refractivity contribution is -0.380. The molecule has 2 aromatic carbocycles. The van der Waals surface area contributed by atoms with Crippen molar-refractivity contribution in [2.45, 2.75) is 77.0 Å². The molecule has 4 nitrogen and oxygen atoms in total. The van der Waals surface area contributed by atoms with E-state index in [4.69, 9.17) is 18.9 Å². The van der Waals surface area contributed by atoms with Gasteiger partial charge in [-0.15, -0.1) is 11.8 Å². The summed E-state index contributed by atoms with van der Waals surface area (Å²) in [5.41, 5.74) is 0.300. The third kappa shape index (κ3) is 8.05. The Morgan fingerprint density at radius 3 is 2.14 bits per heavy atom. The molecule has 0 radical (unpaired) electrons. The zero-order valence-corrected chi connectivity index (χ0v) is 21.6. The molecule has 0 atom stereocenters. The van der Waals surface area contributed by atoms with Crippen molar-refractivity contribution in [3.63, 3.8) is 0 Å². The third-order valence-electron chi connectivity index (χ3n) is 6.04. The molecule has 0 bridgehead atoms. The standard InChI is InChI=1S/C27H35F3O4S/c1-5-13-26(14-6-2,17-32-22-9-7-21(8-10-22)27(28,29)30)18-35-23-11-12-24(19(3)15-23)31-16-25-33-20(4)34-25/h7-12,15,20,25H,5-6,13-14,16-18H2,1-4H3. The number of hydrogen-bond acceptors (Lipinski definition) is 5. The van der Waals surface area contributed by atoms with Gasteiger partial charge in [-0.1, -0.05) is 26.7 Å². The molecule has 1 saturated heterocycles. The quantitative estimate of drug-likeness (QED) is 0.255. The van der Waals surface area contributed by atoms with Crippen LogP contribution in [-0.2, 0) is 15.7 Å². The Morgan fingerprint density at radius 1 is 0.943 bits per heavy atom. The molecule has 1 aliphatic heterocycles. The average Bonchev–Trinajstić information content (AvgIpc) is 2.79. The topological polar surface area (TPSA) is 36.9 Å². The Hall–Kier alpha value is -1.90. The third-order valence-corrected chi connectivity index (χ3v) is 7.38. The second-order valence-electron chi connectivity index (χ2n) is 9.11. The fourth-order valence-corrected chi connectivity index (χ4v) is 5.55. The Labute approximate surface area is 210 Å². The highest BCUT2D eigenvalue weighted by Gasteiger charge is 2.32. The number of alkyl halides is 3. The summed E-state index contributed by atoms with van der Waals surface area (Å²) < 4.78 is 61.3. The second kappa shape index (κ2) is 12.4. The van der Waals surface area contributed by atoms with Gasteiger partial charge in [0.15, 0.2) is 12.6 Å². The monoisotopic (exact) mass is 512 g/mol. The molecule has 194 valence electrons. The molecule has 1 aliphatic rings. The number of thioether (sulfide) groups is 1. The smallest absolute Gasteiger partial charge is 0.416 e. The molecule has 0 spiro atoms. The lowest BCUT2D eigenvalue weighted by Crippen LogP contribution is -2.42. The van der Waals surface area contributed by atoms with Crippen molar-refractivity contribution in [2.75, 3.05) is 19.0 Å². The molecule has 35 heavy (non-hydrogen) atoms. The van der Waals surface area contributed by atoms with Crippen molar-refractivity contribution < 1.29 is 32.1 Å². The first-order chi connectivity index (χ1) is 16.6. The van der Waals surface area contributed by atoms with E-state index in [0.29, 0.717) is 19.0 Å². The minimum Gasteiger partial charge on any atom is -0.493 e. The van der Waals surface area contributed by atoms with Crippen LogP contribution in [-0.4, -0.2) is 31.5 Å². The van der Waals surface area contributed by atoms with E-state index in [-0.39, 0.29) is 18.0 Å². The van der Waals surface area contributed by atoms with Crippen LogP contribution in [0.25, 0.3) is 0 Å². The SMILES string of the molecule is CCCC(CCC)(COc1ccc(C(F)(F)F)cc1)CSc1ccc(OCC2OC(C)O2)c(C)c1. The van der Waals surface area contributed by atoms with Crippen molar-refractivity contribution in [1.82, 2.24) is 0 Å². The molecule has 3 rings (SSSR count). The van der Waals surface area contributed by atoms with Gasteiger partial charge in [-0.05, 0) is 74.7 Å². The van der Waals surface area contributed by atoms with Gasteiger partial charge in [-0.25, -0.2) is 0 Å². The molecule has 2 aromatic rings. The minimum atomic E-state index is -4.35. The molecule has 0 N–H and O–H groups in total. The summed E-state index contributed by atoms with van der Waals surface area (Å²) in [6.45, 7) is 8.99. The zero-order valence-electron chi connectivity index (χ0n) is 20.8. The molecule has 0 saturated carbocycles. The summed E-state index contributed by atoms with van der Waals surface area (Å²) in [5.74, 6) is 2.13. The maximum Gasteiger partial charge on any atom is 0.416 e. The fraction of sp³-hybridized carbons (Fsp3) is 0.556. The van der Waals surface area contributed by atoms with Gasteiger partial charge in [0.1, 0.15) is 18.1 Å². The van der Waals surface area contributed by atoms with Crippen molar-refractivity contribution in [3.05, 3.63) is 53.6 Å². The van der Waals surface area contributed by atoms with E-state index in [1.165, 1.54) is 12.1 Å². The maximum absolute atomic E-state index is 12.9. The molecule has 0 aliphatic carbocycles. The van der Waals surface area contributed by atoms with Crippen LogP contribution in [0.3, 0.4) is 0 Å². The summed E-state index contributed by atoms with van der Waals surface area (Å²) in [4.78, 5) is 1.14. The molecular weight excluding hydrogens is 477 g/mol. The first-order valence-electron chi connectivity index (χ1n) is 12.1. The molecular formula is C27H35F3O4S. The van der Waals surface area contributed by atoms with Crippen LogP contribution in [0.4, 0.5) is 13.2 Å². The lowest BCUT2D eigenvalue weighted by atomic mass is 9.82. The highest BCUT2D eigenvalue weighted by Crippen LogP contribution is 2.38. The number of benzene rings is 2. The zero-order chi connectivity index (χ0) is 25.5. The van der Waals surface area contributed by atoms with Crippen molar-refractivity contribution >= 4 is 11.8 Å². The van der Waals surface area contributed by atoms with E-state index in [1.54, 1.807) is 11.8 Å². The van der Waals surface area contributed by atoms with Crippen molar-refractivity contribution in [3.8, 4) is 11.5 Å². The van der Waals surface area contributed by atoms with Gasteiger partial charge in [0.2, 0.25) is 0 Å². The number of aryl methyl sites for hydroxylation is 1. The molecule has 0 unspecified atom stereocenters. The highest BCUT2D eigenvalue weighted by atomic mass is 32.2. The summed E-state index contributed by atoms with van der Waals surface area (Å²) in [6.07, 6.45) is -0.855. The minimum absolute atomic E-state index is 0.0739. The van der Waals surface area contributed by atoms with Crippen LogP contribution in [0.5, 0.6) is 11.5 Å². The number of rotatable bonds is 13. The van der Waals surface area contributed by atoms with Gasteiger partial charge >= 0.3 is 6.18 Å². The normalized spacial score (nSPS) is 18.3. The summed E-state index contributed by atoms with van der Waals surface area (Å²) >= 11 is 1.78. The largest absolute Gasteiger partial charge is 0.493 e. The lowest BCUT2D eigenvalue weighted by Gasteiger charge is -2.33. The number of halogens is 3. The predicted molar refractivity (Wildman–Crippen MR) is 132 cm³/mol.